The highest BCUT2D eigenvalue weighted by atomic mass is 16.5. The van der Waals surface area contributed by atoms with E-state index in [2.05, 4.69) is 5.32 Å². The van der Waals surface area contributed by atoms with Gasteiger partial charge in [-0.1, -0.05) is 42.5 Å². The molecule has 0 radical (unpaired) electrons. The number of nitrogens with one attached hydrogen (secondary N) is 2. The molecule has 3 aromatic carbocycles. The van der Waals surface area contributed by atoms with Gasteiger partial charge >= 0.3 is 0 Å². The van der Waals surface area contributed by atoms with Gasteiger partial charge in [0.25, 0.3) is 5.91 Å². The van der Waals surface area contributed by atoms with E-state index in [0.29, 0.717) is 17.8 Å². The van der Waals surface area contributed by atoms with Gasteiger partial charge in [0, 0.05) is 35.1 Å². The van der Waals surface area contributed by atoms with E-state index in [1.165, 1.54) is 0 Å². The molecule has 1 saturated carbocycles. The zero-order chi connectivity index (χ0) is 25.1. The first-order valence-corrected chi connectivity index (χ1v) is 12.3. The van der Waals surface area contributed by atoms with E-state index in [-0.39, 0.29) is 23.8 Å². The van der Waals surface area contributed by atoms with E-state index in [4.69, 9.17) is 21.6 Å². The molecule has 4 aromatic rings. The Hall–Kier alpha value is -4.10. The fraction of sp³-hybridized carbons (Fsp3) is 0.241. The van der Waals surface area contributed by atoms with Crippen LogP contribution in [0.1, 0.15) is 47.3 Å². The monoisotopic (exact) mass is 481 g/mol. The zero-order valence-corrected chi connectivity index (χ0v) is 20.1. The number of hydrogen-bond donors (Lipinski definition) is 4. The second kappa shape index (κ2) is 10.3. The zero-order valence-electron chi connectivity index (χ0n) is 20.1. The van der Waals surface area contributed by atoms with Crippen LogP contribution in [0.3, 0.4) is 0 Å². The Balaban J connectivity index is 1.43. The Morgan fingerprint density at radius 3 is 2.33 bits per heavy atom. The summed E-state index contributed by atoms with van der Waals surface area (Å²) in [5, 5.41) is 12.0. The molecule has 0 aliphatic heterocycles. The van der Waals surface area contributed by atoms with Crippen LogP contribution in [0.5, 0.6) is 11.5 Å². The highest BCUT2D eigenvalue weighted by molar-refractivity contribution is 6.02. The minimum absolute atomic E-state index is 0.00314. The summed E-state index contributed by atoms with van der Waals surface area (Å²) in [5.74, 6) is 1.42. The van der Waals surface area contributed by atoms with Crippen molar-refractivity contribution in [1.29, 1.82) is 5.41 Å². The lowest BCUT2D eigenvalue weighted by Gasteiger charge is -2.27. The number of rotatable bonds is 7. The van der Waals surface area contributed by atoms with Crippen LogP contribution < -0.4 is 21.5 Å². The predicted molar refractivity (Wildman–Crippen MR) is 143 cm³/mol. The Labute approximate surface area is 210 Å². The smallest absolute Gasteiger partial charge is 0.268 e. The molecule has 1 aliphatic carbocycles. The predicted octanol–water partition coefficient (Wildman–Crippen LogP) is 4.77. The van der Waals surface area contributed by atoms with E-state index < -0.39 is 0 Å². The van der Waals surface area contributed by atoms with Crippen molar-refractivity contribution >= 4 is 22.6 Å². The quantitative estimate of drug-likeness (QED) is 0.225. The first-order chi connectivity index (χ1) is 17.5. The first-order valence-electron chi connectivity index (χ1n) is 12.3. The number of hydrogen-bond acceptors (Lipinski definition) is 4. The fourth-order valence-corrected chi connectivity index (χ4v) is 4.77. The van der Waals surface area contributed by atoms with Crippen LogP contribution >= 0.6 is 0 Å². The van der Waals surface area contributed by atoms with Gasteiger partial charge in [-0.05, 0) is 67.6 Å². The van der Waals surface area contributed by atoms with Crippen molar-refractivity contribution in [2.45, 2.75) is 44.3 Å². The van der Waals surface area contributed by atoms with E-state index in [9.17, 15) is 4.79 Å². The molecule has 5 rings (SSSR count). The number of carbonyl (C=O) groups is 1. The van der Waals surface area contributed by atoms with E-state index in [0.717, 1.165) is 53.6 Å². The van der Waals surface area contributed by atoms with Crippen molar-refractivity contribution in [3.8, 4) is 11.5 Å². The second-order valence-corrected chi connectivity index (χ2v) is 9.45. The largest absolute Gasteiger partial charge is 0.457 e. The molecule has 7 heteroatoms. The fourth-order valence-electron chi connectivity index (χ4n) is 4.77. The molecule has 0 unspecified atom stereocenters. The van der Waals surface area contributed by atoms with Gasteiger partial charge in [-0.15, -0.1) is 0 Å². The number of amides is 1. The summed E-state index contributed by atoms with van der Waals surface area (Å²) in [6.07, 6.45) is 3.63. The molecule has 0 spiro atoms. The maximum Gasteiger partial charge on any atom is 0.268 e. The summed E-state index contributed by atoms with van der Waals surface area (Å²) in [4.78, 5) is 13.4. The molecular weight excluding hydrogens is 450 g/mol. The molecule has 1 aliphatic rings. The second-order valence-electron chi connectivity index (χ2n) is 9.45. The van der Waals surface area contributed by atoms with Crippen molar-refractivity contribution in [1.82, 2.24) is 9.88 Å². The summed E-state index contributed by atoms with van der Waals surface area (Å²) in [7, 11) is 0. The van der Waals surface area contributed by atoms with Crippen LogP contribution in [0.25, 0.3) is 10.9 Å². The third-order valence-corrected chi connectivity index (χ3v) is 6.80. The van der Waals surface area contributed by atoms with E-state index in [1.54, 1.807) is 0 Å². The van der Waals surface area contributed by atoms with Crippen LogP contribution in [0.4, 0.5) is 0 Å². The van der Waals surface area contributed by atoms with Crippen LogP contribution in [0.2, 0.25) is 0 Å². The summed E-state index contributed by atoms with van der Waals surface area (Å²) in [6.45, 7) is 0.495. The highest BCUT2D eigenvalue weighted by Gasteiger charge is 2.23. The summed E-state index contributed by atoms with van der Waals surface area (Å²) in [6, 6.07) is 25.4. The number of nitrogen functional groups attached to an aromatic ring is 1. The van der Waals surface area contributed by atoms with Crippen LogP contribution in [0, 0.1) is 5.41 Å². The molecule has 1 heterocycles. The van der Waals surface area contributed by atoms with Crippen molar-refractivity contribution in [2.75, 3.05) is 0 Å². The van der Waals surface area contributed by atoms with Gasteiger partial charge in [-0.2, -0.15) is 0 Å². The molecule has 1 aromatic heterocycles. The lowest BCUT2D eigenvalue weighted by atomic mass is 9.92. The van der Waals surface area contributed by atoms with Gasteiger partial charge in [-0.25, -0.2) is 0 Å². The number of fused-ring (bicyclic) bond motifs is 1. The van der Waals surface area contributed by atoms with Gasteiger partial charge in [0.05, 0.1) is 0 Å². The number of ether oxygens (including phenoxy) is 1. The van der Waals surface area contributed by atoms with Crippen molar-refractivity contribution in [3.63, 3.8) is 0 Å². The van der Waals surface area contributed by atoms with Gasteiger partial charge in [0.1, 0.15) is 23.0 Å². The van der Waals surface area contributed by atoms with Gasteiger partial charge in [0.2, 0.25) is 0 Å². The van der Waals surface area contributed by atoms with E-state index >= 15 is 0 Å². The Morgan fingerprint density at radius 2 is 1.64 bits per heavy atom. The highest BCUT2D eigenvalue weighted by Crippen LogP contribution is 2.26. The average Bonchev–Trinajstić information content (AvgIpc) is 3.25. The molecule has 0 atom stereocenters. The minimum Gasteiger partial charge on any atom is -0.457 e. The number of para-hydroxylation sites is 1. The third kappa shape index (κ3) is 5.26. The summed E-state index contributed by atoms with van der Waals surface area (Å²) >= 11 is 0. The summed E-state index contributed by atoms with van der Waals surface area (Å²) < 4.78 is 7.92. The van der Waals surface area contributed by atoms with Crippen molar-refractivity contribution < 1.29 is 9.53 Å². The molecular formula is C29H31N5O2. The van der Waals surface area contributed by atoms with Crippen LogP contribution in [0.15, 0.2) is 78.9 Å². The number of carbonyl (C=O) groups excluding carboxylic acids is 1. The number of nitrogens with two attached hydrogens (primary N) is 2. The lowest BCUT2D eigenvalue weighted by Crippen LogP contribution is -2.41. The third-order valence-electron chi connectivity index (χ3n) is 6.80. The molecule has 0 bridgehead atoms. The van der Waals surface area contributed by atoms with Gasteiger partial charge in [-0.3, -0.25) is 10.2 Å². The Kier molecular flexibility index (Phi) is 6.73. The Morgan fingerprint density at radius 1 is 0.944 bits per heavy atom. The van der Waals surface area contributed by atoms with Crippen molar-refractivity contribution in [3.05, 3.63) is 95.7 Å². The molecule has 6 N–H and O–H groups in total. The maximum absolute atomic E-state index is 13.4. The molecule has 7 nitrogen and oxygen atoms in total. The standard InChI is InChI=1S/C29H31N5O2/c30-22-10-12-23(13-11-22)33-29(35)27-16-20-8-9-21(28(31)32)17-26(20)34(27)18-19-6-14-25(15-7-19)36-24-4-2-1-3-5-24/h1-9,14-17,22-23H,10-13,18,30H2,(H3,31,32)(H,33,35)/t22-,23-. The maximum atomic E-state index is 13.4. The van der Waals surface area contributed by atoms with Gasteiger partial charge in [0.15, 0.2) is 0 Å². The molecule has 36 heavy (non-hydrogen) atoms. The Bertz CT molecular complexity index is 1370. The normalized spacial score (nSPS) is 17.6. The molecule has 1 fully saturated rings. The number of benzene rings is 3. The van der Waals surface area contributed by atoms with Crippen LogP contribution in [-0.2, 0) is 6.54 Å². The van der Waals surface area contributed by atoms with Crippen molar-refractivity contribution in [2.24, 2.45) is 11.5 Å². The topological polar surface area (TPSA) is 119 Å². The number of amidine groups is 1. The average molecular weight is 482 g/mol. The SMILES string of the molecule is N=C(N)c1ccc2cc(C(=O)N[C@H]3CC[C@H](N)CC3)n(Cc3ccc(Oc4ccccc4)cc3)c2c1. The molecule has 0 saturated heterocycles. The summed E-state index contributed by atoms with van der Waals surface area (Å²) in [5.41, 5.74) is 14.9. The molecule has 184 valence electrons. The molecule has 1 amide bonds. The van der Waals surface area contributed by atoms with E-state index in [1.807, 2.05) is 83.4 Å². The first kappa shape index (κ1) is 23.6. The number of aromatic nitrogens is 1. The lowest BCUT2D eigenvalue weighted by molar-refractivity contribution is 0.0917. The van der Waals surface area contributed by atoms with Crippen LogP contribution in [-0.4, -0.2) is 28.4 Å². The number of nitrogens with zero attached hydrogens (tertiary/aromatic N) is 1. The minimum atomic E-state index is -0.0972. The van der Waals surface area contributed by atoms with Gasteiger partial charge < -0.3 is 26.1 Å².